The molecule has 1 aliphatic rings. The number of hydrogen-bond donors (Lipinski definition) is 2. The first-order chi connectivity index (χ1) is 13.4. The highest BCUT2D eigenvalue weighted by Crippen LogP contribution is 2.29. The van der Waals surface area contributed by atoms with Crippen molar-refractivity contribution >= 4 is 33.1 Å². The molecule has 1 unspecified atom stereocenters. The molecule has 1 aliphatic heterocycles. The van der Waals surface area contributed by atoms with E-state index in [4.69, 9.17) is 0 Å². The lowest BCUT2D eigenvalue weighted by Gasteiger charge is -2.34. The average molecular weight is 422 g/mol. The number of nitrogens with one attached hydrogen (secondary N) is 2. The number of amides is 2. The fraction of sp³-hybridized carbons (Fsp3) is 0.450. The van der Waals surface area contributed by atoms with Crippen molar-refractivity contribution < 1.29 is 13.2 Å². The monoisotopic (exact) mass is 421 g/mol. The predicted molar refractivity (Wildman–Crippen MR) is 113 cm³/mol. The zero-order valence-electron chi connectivity index (χ0n) is 16.3. The zero-order chi connectivity index (χ0) is 20.1. The minimum Gasteiger partial charge on any atom is -0.338 e. The maximum absolute atomic E-state index is 12.9. The third-order valence-corrected chi connectivity index (χ3v) is 8.20. The van der Waals surface area contributed by atoms with Crippen LogP contribution in [0.15, 0.2) is 39.9 Å². The Morgan fingerprint density at radius 2 is 1.96 bits per heavy atom. The standard InChI is InChI=1S/C20H27N3O3S2/c1-15-12-16(2)14-17(13-15)22-20(24)21-9-8-18-6-3-4-10-23(18)28(25,26)19-7-5-11-27-19/h5,7,11-14,18H,3-4,6,8-10H2,1-2H3,(H2,21,22,24). The number of anilines is 1. The molecule has 6 nitrogen and oxygen atoms in total. The van der Waals surface area contributed by atoms with Crippen molar-refractivity contribution in [2.45, 2.75) is 49.8 Å². The molecule has 1 fully saturated rings. The lowest BCUT2D eigenvalue weighted by Crippen LogP contribution is -2.45. The van der Waals surface area contributed by atoms with E-state index in [1.54, 1.807) is 21.8 Å². The second-order valence-electron chi connectivity index (χ2n) is 7.24. The van der Waals surface area contributed by atoms with Gasteiger partial charge in [0.15, 0.2) is 0 Å². The Morgan fingerprint density at radius 1 is 1.21 bits per heavy atom. The number of carbonyl (C=O) groups is 1. The van der Waals surface area contributed by atoms with Crippen molar-refractivity contribution in [3.63, 3.8) is 0 Å². The molecule has 1 saturated heterocycles. The molecule has 1 atom stereocenters. The van der Waals surface area contributed by atoms with E-state index in [0.29, 0.717) is 23.7 Å². The summed E-state index contributed by atoms with van der Waals surface area (Å²) in [6.45, 7) is 4.95. The van der Waals surface area contributed by atoms with Crippen molar-refractivity contribution in [2.24, 2.45) is 0 Å². The Labute approximate surface area is 171 Å². The van der Waals surface area contributed by atoms with Gasteiger partial charge in [-0.05, 0) is 67.8 Å². The van der Waals surface area contributed by atoms with Crippen LogP contribution in [-0.4, -0.2) is 37.9 Å². The van der Waals surface area contributed by atoms with Crippen LogP contribution in [0.1, 0.15) is 36.8 Å². The first kappa shape index (κ1) is 20.8. The highest BCUT2D eigenvalue weighted by atomic mass is 32.2. The summed E-state index contributed by atoms with van der Waals surface area (Å²) in [6.07, 6.45) is 3.31. The quantitative estimate of drug-likeness (QED) is 0.736. The third-order valence-electron chi connectivity index (χ3n) is 4.87. The van der Waals surface area contributed by atoms with E-state index in [1.807, 2.05) is 26.0 Å². The molecular weight excluding hydrogens is 394 g/mol. The van der Waals surface area contributed by atoms with Crippen LogP contribution in [0, 0.1) is 13.8 Å². The van der Waals surface area contributed by atoms with Crippen LogP contribution in [0.5, 0.6) is 0 Å². The molecule has 2 heterocycles. The van der Waals surface area contributed by atoms with Gasteiger partial charge in [-0.15, -0.1) is 11.3 Å². The fourth-order valence-electron chi connectivity index (χ4n) is 3.68. The molecule has 1 aromatic carbocycles. The molecule has 2 N–H and O–H groups in total. The molecule has 0 radical (unpaired) electrons. The molecule has 0 aliphatic carbocycles. The van der Waals surface area contributed by atoms with E-state index < -0.39 is 10.0 Å². The summed E-state index contributed by atoms with van der Waals surface area (Å²) >= 11 is 1.25. The summed E-state index contributed by atoms with van der Waals surface area (Å²) in [4.78, 5) is 12.2. The van der Waals surface area contributed by atoms with Gasteiger partial charge >= 0.3 is 6.03 Å². The van der Waals surface area contributed by atoms with Gasteiger partial charge < -0.3 is 10.6 Å². The van der Waals surface area contributed by atoms with Crippen LogP contribution in [0.4, 0.5) is 10.5 Å². The number of nitrogens with zero attached hydrogens (tertiary/aromatic N) is 1. The fourth-order valence-corrected chi connectivity index (χ4v) is 6.52. The molecule has 2 amide bonds. The maximum Gasteiger partial charge on any atom is 0.319 e. The second-order valence-corrected chi connectivity index (χ2v) is 10.3. The van der Waals surface area contributed by atoms with E-state index in [9.17, 15) is 13.2 Å². The summed E-state index contributed by atoms with van der Waals surface area (Å²) in [5, 5.41) is 7.48. The number of urea groups is 1. The zero-order valence-corrected chi connectivity index (χ0v) is 17.9. The lowest BCUT2D eigenvalue weighted by molar-refractivity contribution is 0.234. The minimum absolute atomic E-state index is 0.0811. The average Bonchev–Trinajstić information content (AvgIpc) is 3.16. The first-order valence-corrected chi connectivity index (χ1v) is 11.9. The highest BCUT2D eigenvalue weighted by molar-refractivity contribution is 7.91. The Hall–Kier alpha value is -1.90. The summed E-state index contributed by atoms with van der Waals surface area (Å²) in [7, 11) is -3.45. The normalized spacial score (nSPS) is 18.0. The number of thiophene rings is 1. The number of aryl methyl sites for hydroxylation is 2. The van der Waals surface area contributed by atoms with Gasteiger partial charge in [-0.2, -0.15) is 4.31 Å². The van der Waals surface area contributed by atoms with Gasteiger partial charge in [0, 0.05) is 24.8 Å². The first-order valence-electron chi connectivity index (χ1n) is 9.55. The van der Waals surface area contributed by atoms with Crippen LogP contribution in [0.2, 0.25) is 0 Å². The van der Waals surface area contributed by atoms with E-state index in [1.165, 1.54) is 11.3 Å². The largest absolute Gasteiger partial charge is 0.338 e. The van der Waals surface area contributed by atoms with Crippen molar-refractivity contribution in [1.82, 2.24) is 9.62 Å². The van der Waals surface area contributed by atoms with E-state index in [0.717, 1.165) is 36.1 Å². The Bertz CT molecular complexity index is 891. The number of rotatable bonds is 6. The van der Waals surface area contributed by atoms with Crippen LogP contribution in [0.3, 0.4) is 0 Å². The smallest absolute Gasteiger partial charge is 0.319 e. The summed E-state index contributed by atoms with van der Waals surface area (Å²) in [5.74, 6) is 0. The Morgan fingerprint density at radius 3 is 2.64 bits per heavy atom. The predicted octanol–water partition coefficient (Wildman–Crippen LogP) is 4.12. The van der Waals surface area contributed by atoms with Crippen molar-refractivity contribution in [1.29, 1.82) is 0 Å². The van der Waals surface area contributed by atoms with Gasteiger partial charge in [0.25, 0.3) is 10.0 Å². The van der Waals surface area contributed by atoms with Crippen LogP contribution in [0.25, 0.3) is 0 Å². The van der Waals surface area contributed by atoms with E-state index in [-0.39, 0.29) is 12.1 Å². The topological polar surface area (TPSA) is 78.5 Å². The highest BCUT2D eigenvalue weighted by Gasteiger charge is 2.33. The van der Waals surface area contributed by atoms with Crippen molar-refractivity contribution in [3.05, 3.63) is 46.8 Å². The SMILES string of the molecule is Cc1cc(C)cc(NC(=O)NCCC2CCCCN2S(=O)(=O)c2cccs2)c1. The number of piperidine rings is 1. The molecule has 8 heteroatoms. The van der Waals surface area contributed by atoms with Gasteiger partial charge in [0.05, 0.1) is 0 Å². The molecule has 28 heavy (non-hydrogen) atoms. The molecule has 0 bridgehead atoms. The maximum atomic E-state index is 12.9. The van der Waals surface area contributed by atoms with Gasteiger partial charge in [-0.25, -0.2) is 13.2 Å². The molecule has 152 valence electrons. The number of carbonyl (C=O) groups excluding carboxylic acids is 1. The Kier molecular flexibility index (Phi) is 6.74. The number of benzene rings is 1. The lowest BCUT2D eigenvalue weighted by atomic mass is 10.0. The van der Waals surface area contributed by atoms with Crippen LogP contribution >= 0.6 is 11.3 Å². The van der Waals surface area contributed by atoms with Gasteiger partial charge in [0.2, 0.25) is 0 Å². The molecular formula is C20H27N3O3S2. The molecule has 2 aromatic rings. The van der Waals surface area contributed by atoms with E-state index >= 15 is 0 Å². The van der Waals surface area contributed by atoms with Gasteiger partial charge in [-0.3, -0.25) is 0 Å². The Balaban J connectivity index is 1.56. The minimum atomic E-state index is -3.45. The molecule has 0 spiro atoms. The third kappa shape index (κ3) is 5.12. The van der Waals surface area contributed by atoms with E-state index in [2.05, 4.69) is 16.7 Å². The van der Waals surface area contributed by atoms with Crippen LogP contribution < -0.4 is 10.6 Å². The second kappa shape index (κ2) is 9.07. The molecule has 3 rings (SSSR count). The number of sulfonamides is 1. The summed E-state index contributed by atoms with van der Waals surface area (Å²) in [5.41, 5.74) is 2.94. The van der Waals surface area contributed by atoms with Crippen molar-refractivity contribution in [3.8, 4) is 0 Å². The summed E-state index contributed by atoms with van der Waals surface area (Å²) in [6, 6.07) is 8.95. The van der Waals surface area contributed by atoms with Gasteiger partial charge in [0.1, 0.15) is 4.21 Å². The van der Waals surface area contributed by atoms with Gasteiger partial charge in [-0.1, -0.05) is 18.6 Å². The van der Waals surface area contributed by atoms with Crippen LogP contribution in [-0.2, 0) is 10.0 Å². The summed E-state index contributed by atoms with van der Waals surface area (Å²) < 4.78 is 27.8. The molecule has 0 saturated carbocycles. The van der Waals surface area contributed by atoms with Crippen molar-refractivity contribution in [2.75, 3.05) is 18.4 Å². The molecule has 1 aromatic heterocycles. The number of hydrogen-bond acceptors (Lipinski definition) is 4.